The Morgan fingerprint density at radius 1 is 0.521 bits per heavy atom. The maximum atomic E-state index is 13.1. The minimum Gasteiger partial charge on any atom is -0.507 e. The monoisotopic (exact) mass is 957 g/mol. The van der Waals surface area contributed by atoms with Crippen LogP contribution in [0.25, 0.3) is 83.9 Å². The van der Waals surface area contributed by atoms with Gasteiger partial charge in [-0.05, 0) is 150 Å². The van der Waals surface area contributed by atoms with E-state index in [1.165, 1.54) is 28.8 Å². The first-order chi connectivity index (χ1) is 42.9. The van der Waals surface area contributed by atoms with Crippen molar-refractivity contribution in [2.75, 3.05) is 0 Å². The van der Waals surface area contributed by atoms with Gasteiger partial charge in [-0.2, -0.15) is 0 Å². The molecule has 0 aliphatic heterocycles. The van der Waals surface area contributed by atoms with E-state index in [1.54, 1.807) is 64.2 Å². The second kappa shape index (κ2) is 18.6. The molecule has 0 amide bonds. The maximum absolute atomic E-state index is 13.1. The zero-order valence-corrected chi connectivity index (χ0v) is 40.8. The zero-order chi connectivity index (χ0) is 70.1. The molecule has 2 aromatic heterocycles. The van der Waals surface area contributed by atoms with Gasteiger partial charge < -0.3 is 5.11 Å². The molecule has 7 aromatic carbocycles. The Kier molecular flexibility index (Phi) is 7.37. The molecule has 0 saturated carbocycles. The second-order valence-electron chi connectivity index (χ2n) is 19.8. The van der Waals surface area contributed by atoms with Crippen molar-refractivity contribution in [3.63, 3.8) is 0 Å². The minimum absolute atomic E-state index is 0.00228. The molecule has 0 aliphatic carbocycles. The van der Waals surface area contributed by atoms with Crippen LogP contribution >= 0.6 is 0 Å². The summed E-state index contributed by atoms with van der Waals surface area (Å²) in [6, 6.07) is 42.3. The summed E-state index contributed by atoms with van der Waals surface area (Å²) in [4.78, 5) is 9.91. The third-order valence-corrected chi connectivity index (χ3v) is 13.0. The Hall–Kier alpha value is -7.04. The first-order valence-corrected chi connectivity index (χ1v) is 23.4. The number of fused-ring (bicyclic) bond motifs is 1. The molecule has 4 nitrogen and oxygen atoms in total. The van der Waals surface area contributed by atoms with Gasteiger partial charge >= 0.3 is 0 Å². The van der Waals surface area contributed by atoms with E-state index in [2.05, 4.69) is 0 Å². The van der Waals surface area contributed by atoms with E-state index in [4.69, 9.17) is 37.4 Å². The molecule has 1 N–H and O–H groups in total. The summed E-state index contributed by atoms with van der Waals surface area (Å²) in [6.45, 7) is -15.7. The van der Waals surface area contributed by atoms with Crippen molar-refractivity contribution in [2.45, 2.75) is 124 Å². The first-order valence-electron chi connectivity index (χ1n) is 34.9. The number of benzene rings is 7. The lowest BCUT2D eigenvalue weighted by Gasteiger charge is -2.27. The van der Waals surface area contributed by atoms with Crippen LogP contribution in [-0.4, -0.2) is 19.6 Å². The molecule has 0 aliphatic rings. The predicted octanol–water partition coefficient (Wildman–Crippen LogP) is 18.6. The number of aromatic nitrogens is 3. The number of aromatic hydroxyl groups is 1. The highest BCUT2D eigenvalue weighted by atomic mass is 16.3. The summed E-state index contributed by atoms with van der Waals surface area (Å²) in [7, 11) is 0. The van der Waals surface area contributed by atoms with Crippen LogP contribution in [0.1, 0.15) is 166 Å². The molecule has 360 valence electrons. The molecule has 0 atom stereocenters. The SMILES string of the molecule is [2H]C([2H])([2H])c1cc(-c2cc(C([2H])(C)C)cc(C([2H])(C)C)c2)ccc1-n1c(-c2cc(C(C([2H])([2H])[2H])(C([2H])([2H])[2H])C([2H])([2H])[2H])cc(C(C([2H])([2H])[2H])(C([2H])([2H])[2H])C([2H])([2H])[2H])c2O)nc2c(-c3cc(-c4cc(-c5ccc(-c6ccccc6)cc5)ccn4)cc(C(C)(C)C)c3)cccc21. The van der Waals surface area contributed by atoms with E-state index >= 15 is 0 Å². The standard InChI is InChI=1S/C67H71N3O/c1-41(2)49-32-50(42(3)4)34-51(33-49)47-27-28-60(43(5)31-47)70-61-22-18-21-56(62(61)69-64(70)57-39-55(66(9,10)11)40-58(63(57)71)67(12,13)14)52-35-53(37-54(36-52)65(6,7)8)59-38-48(29-30-68-59)46-25-23-45(24-26-46)44-19-16-15-17-20-44/h15-42,71H,1-14H3/i5D3,9D3,10D3,11D3,12D3,13D3,14D3,41D,42D. The lowest BCUT2D eigenvalue weighted by atomic mass is 9.79. The highest BCUT2D eigenvalue weighted by Crippen LogP contribution is 2.46. The molecule has 0 fully saturated rings. The summed E-state index contributed by atoms with van der Waals surface area (Å²) in [5.74, 6) is -4.64. The van der Waals surface area contributed by atoms with Crippen molar-refractivity contribution >= 4 is 11.0 Å². The molecule has 0 unspecified atom stereocenters. The summed E-state index contributed by atoms with van der Waals surface area (Å²) >= 11 is 0. The number of pyridine rings is 1. The van der Waals surface area contributed by atoms with Crippen molar-refractivity contribution < 1.29 is 36.6 Å². The maximum Gasteiger partial charge on any atom is 0.149 e. The van der Waals surface area contributed by atoms with Gasteiger partial charge in [0.2, 0.25) is 0 Å². The van der Waals surface area contributed by atoms with E-state index in [9.17, 15) is 9.22 Å². The van der Waals surface area contributed by atoms with Crippen LogP contribution in [0.2, 0.25) is 0 Å². The Labute approximate surface area is 455 Å². The first kappa shape index (κ1) is 28.1. The highest BCUT2D eigenvalue weighted by molar-refractivity contribution is 5.97. The number of imidazole rings is 1. The smallest absolute Gasteiger partial charge is 0.149 e. The molecule has 9 rings (SSSR count). The molecule has 0 radical (unpaired) electrons. The number of phenols is 1. The molecular formula is C67H71N3O. The fraction of sp³-hybridized carbons (Fsp3) is 0.284. The lowest BCUT2D eigenvalue weighted by Crippen LogP contribution is -2.17. The number of aryl methyl sites for hydroxylation is 1. The van der Waals surface area contributed by atoms with Crippen molar-refractivity contribution in [3.8, 4) is 78.6 Å². The molecule has 2 heterocycles. The molecule has 9 aromatic rings. The van der Waals surface area contributed by atoms with Crippen molar-refractivity contribution in [1.82, 2.24) is 14.5 Å². The van der Waals surface area contributed by atoms with Crippen LogP contribution in [0.4, 0.5) is 0 Å². The van der Waals surface area contributed by atoms with Crippen molar-refractivity contribution in [2.24, 2.45) is 0 Å². The zero-order valence-electron chi connectivity index (χ0n) is 63.8. The number of nitrogens with zero attached hydrogens (tertiary/aromatic N) is 3. The Morgan fingerprint density at radius 2 is 1.14 bits per heavy atom. The van der Waals surface area contributed by atoms with Gasteiger partial charge in [0, 0.05) is 54.4 Å². The van der Waals surface area contributed by atoms with Crippen LogP contribution in [-0.2, 0) is 16.2 Å². The average molecular weight is 957 g/mol. The van der Waals surface area contributed by atoms with Crippen LogP contribution in [0.15, 0.2) is 158 Å². The third-order valence-electron chi connectivity index (χ3n) is 13.0. The Morgan fingerprint density at radius 3 is 1.79 bits per heavy atom. The number of hydrogen-bond donors (Lipinski definition) is 1. The molecule has 0 bridgehead atoms. The van der Waals surface area contributed by atoms with Crippen molar-refractivity contribution in [3.05, 3.63) is 191 Å². The average Bonchev–Trinajstić information content (AvgIpc) is 0.842. The quantitative estimate of drug-likeness (QED) is 0.157. The number of para-hydroxylation sites is 1. The van der Waals surface area contributed by atoms with Crippen LogP contribution in [0.5, 0.6) is 5.75 Å². The van der Waals surface area contributed by atoms with Gasteiger partial charge in [0.05, 0.1) is 28.0 Å². The fourth-order valence-corrected chi connectivity index (χ4v) is 8.96. The summed E-state index contributed by atoms with van der Waals surface area (Å²) in [6.07, 6.45) is 1.68. The number of rotatable bonds is 9. The third kappa shape index (κ3) is 9.87. The largest absolute Gasteiger partial charge is 0.507 e. The van der Waals surface area contributed by atoms with Gasteiger partial charge in [0.15, 0.2) is 0 Å². The summed E-state index contributed by atoms with van der Waals surface area (Å²) in [5, 5.41) is 13.1. The molecule has 0 spiro atoms. The van der Waals surface area contributed by atoms with Gasteiger partial charge in [-0.3, -0.25) is 9.55 Å². The van der Waals surface area contributed by atoms with E-state index in [1.807, 2.05) is 106 Å². The minimum atomic E-state index is -4.27. The van der Waals surface area contributed by atoms with Crippen LogP contribution in [0, 0.1) is 6.85 Å². The fourth-order valence-electron chi connectivity index (χ4n) is 8.96. The second-order valence-corrected chi connectivity index (χ2v) is 19.8. The van der Waals surface area contributed by atoms with E-state index in [0.717, 1.165) is 27.8 Å². The van der Waals surface area contributed by atoms with Crippen LogP contribution in [0.3, 0.4) is 0 Å². The number of phenolic OH excluding ortho intramolecular Hbond substituents is 1. The normalized spacial score (nSPS) is 18.7. The predicted molar refractivity (Wildman–Crippen MR) is 302 cm³/mol. The van der Waals surface area contributed by atoms with Crippen molar-refractivity contribution in [1.29, 1.82) is 0 Å². The van der Waals surface area contributed by atoms with Gasteiger partial charge in [-0.1, -0.05) is 193 Å². The Balaban J connectivity index is 1.46. The molecular weight excluding hydrogens is 863 g/mol. The molecule has 0 saturated heterocycles. The Bertz CT molecular complexity index is 4230. The molecule has 71 heavy (non-hydrogen) atoms. The van der Waals surface area contributed by atoms with E-state index in [0.29, 0.717) is 45.1 Å². The van der Waals surface area contributed by atoms with Crippen LogP contribution < -0.4 is 0 Å². The van der Waals surface area contributed by atoms with E-state index < -0.39 is 110 Å². The van der Waals surface area contributed by atoms with E-state index in [-0.39, 0.29) is 28.4 Å². The van der Waals surface area contributed by atoms with Gasteiger partial charge in [0.1, 0.15) is 11.6 Å². The topological polar surface area (TPSA) is 50.9 Å². The summed E-state index contributed by atoms with van der Waals surface area (Å²) < 4.78 is 206. The molecule has 4 heteroatoms. The van der Waals surface area contributed by atoms with Gasteiger partial charge in [-0.25, -0.2) is 4.98 Å². The number of hydrogen-bond acceptors (Lipinski definition) is 3. The van der Waals surface area contributed by atoms with Gasteiger partial charge in [0.25, 0.3) is 0 Å². The van der Waals surface area contributed by atoms with Gasteiger partial charge in [-0.15, -0.1) is 0 Å². The highest BCUT2D eigenvalue weighted by Gasteiger charge is 2.29. The lowest BCUT2D eigenvalue weighted by molar-refractivity contribution is 0.446. The summed E-state index contributed by atoms with van der Waals surface area (Å²) in [5.41, 5.74) is -5.53.